The number of rotatable bonds is 8. The molecular formula is C12H28ClP. The largest absolute Gasteiger partial charge is 0.147 e. The van der Waals surface area contributed by atoms with Gasteiger partial charge in [-0.15, -0.1) is 21.0 Å². The molecular weight excluding hydrogens is 211 g/mol. The van der Waals surface area contributed by atoms with Crippen molar-refractivity contribution in [1.29, 1.82) is 0 Å². The van der Waals surface area contributed by atoms with E-state index in [0.29, 0.717) is 0 Å². The second-order valence-electron chi connectivity index (χ2n) is 4.45. The lowest BCUT2D eigenvalue weighted by atomic mass is 10.1. The quantitative estimate of drug-likeness (QED) is 0.525. The smallest absolute Gasteiger partial charge is 0.0328 e. The van der Waals surface area contributed by atoms with Crippen LogP contribution in [0.5, 0.6) is 0 Å². The van der Waals surface area contributed by atoms with Crippen LogP contribution < -0.4 is 0 Å². The Kier molecular flexibility index (Phi) is 14.4. The molecule has 0 nitrogen and oxygen atoms in total. The molecule has 0 bridgehead atoms. The van der Waals surface area contributed by atoms with E-state index in [4.69, 9.17) is 0 Å². The van der Waals surface area contributed by atoms with E-state index in [1.54, 1.807) is 0 Å². The molecule has 88 valence electrons. The Labute approximate surface area is 98.8 Å². The van der Waals surface area contributed by atoms with Crippen molar-refractivity contribution in [3.63, 3.8) is 0 Å². The van der Waals surface area contributed by atoms with Crippen molar-refractivity contribution in [2.24, 2.45) is 11.8 Å². The minimum atomic E-state index is 0. The topological polar surface area (TPSA) is 0 Å². The number of halogens is 1. The molecule has 2 heteroatoms. The molecule has 0 spiro atoms. The third kappa shape index (κ3) is 10.8. The third-order valence-electron chi connectivity index (χ3n) is 2.55. The summed E-state index contributed by atoms with van der Waals surface area (Å²) in [5, 5.41) is 0. The predicted octanol–water partition coefficient (Wildman–Crippen LogP) is 4.96. The van der Waals surface area contributed by atoms with Gasteiger partial charge in [-0.05, 0) is 24.2 Å². The van der Waals surface area contributed by atoms with Crippen molar-refractivity contribution in [2.75, 3.05) is 12.3 Å². The van der Waals surface area contributed by atoms with Crippen LogP contribution in [0.15, 0.2) is 0 Å². The van der Waals surface area contributed by atoms with Gasteiger partial charge in [0.25, 0.3) is 0 Å². The minimum Gasteiger partial charge on any atom is -0.147 e. The first-order valence-electron chi connectivity index (χ1n) is 5.91. The Hall–Kier alpha value is 0.720. The van der Waals surface area contributed by atoms with Gasteiger partial charge >= 0.3 is 0 Å². The molecule has 0 rings (SSSR count). The summed E-state index contributed by atoms with van der Waals surface area (Å²) in [5.74, 6) is 1.94. The fraction of sp³-hybridized carbons (Fsp3) is 1.00. The van der Waals surface area contributed by atoms with Crippen molar-refractivity contribution in [2.45, 2.75) is 53.4 Å². The zero-order valence-corrected chi connectivity index (χ0v) is 12.1. The maximum absolute atomic E-state index is 2.40. The van der Waals surface area contributed by atoms with Gasteiger partial charge in [-0.2, -0.15) is 0 Å². The predicted molar refractivity (Wildman–Crippen MR) is 73.4 cm³/mol. The highest BCUT2D eigenvalue weighted by molar-refractivity contribution is 7.37. The highest BCUT2D eigenvalue weighted by atomic mass is 35.5. The Morgan fingerprint density at radius 1 is 0.857 bits per heavy atom. The molecule has 2 atom stereocenters. The molecule has 0 aliphatic carbocycles. The van der Waals surface area contributed by atoms with Gasteiger partial charge in [0, 0.05) is 0 Å². The lowest BCUT2D eigenvalue weighted by molar-refractivity contribution is 0.569. The van der Waals surface area contributed by atoms with E-state index in [9.17, 15) is 0 Å². The van der Waals surface area contributed by atoms with E-state index >= 15 is 0 Å². The van der Waals surface area contributed by atoms with E-state index in [-0.39, 0.29) is 12.4 Å². The summed E-state index contributed by atoms with van der Waals surface area (Å²) in [7, 11) is 1.21. The third-order valence-corrected chi connectivity index (χ3v) is 4.52. The first-order chi connectivity index (χ1) is 6.20. The van der Waals surface area contributed by atoms with Crippen molar-refractivity contribution >= 4 is 21.0 Å². The highest BCUT2D eigenvalue weighted by Gasteiger charge is 2.03. The van der Waals surface area contributed by atoms with Gasteiger partial charge < -0.3 is 0 Å². The normalized spacial score (nSPS) is 15.4. The molecule has 0 fully saturated rings. The Morgan fingerprint density at radius 3 is 1.50 bits per heavy atom. The van der Waals surface area contributed by atoms with Crippen molar-refractivity contribution in [1.82, 2.24) is 0 Å². The van der Waals surface area contributed by atoms with Crippen LogP contribution in [-0.2, 0) is 0 Å². The summed E-state index contributed by atoms with van der Waals surface area (Å²) < 4.78 is 0. The lowest BCUT2D eigenvalue weighted by Gasteiger charge is -2.13. The summed E-state index contributed by atoms with van der Waals surface area (Å²) in [4.78, 5) is 0. The highest BCUT2D eigenvalue weighted by Crippen LogP contribution is 2.23. The van der Waals surface area contributed by atoms with Crippen LogP contribution in [0.2, 0.25) is 0 Å². The molecule has 0 saturated carbocycles. The van der Waals surface area contributed by atoms with Crippen molar-refractivity contribution in [3.05, 3.63) is 0 Å². The SMILES string of the molecule is CCCC(C)CPCC(C)CCC.Cl. The van der Waals surface area contributed by atoms with Crippen LogP contribution in [0.1, 0.15) is 53.4 Å². The van der Waals surface area contributed by atoms with E-state index in [1.165, 1.54) is 46.6 Å². The first-order valence-corrected chi connectivity index (χ1v) is 7.32. The van der Waals surface area contributed by atoms with Gasteiger partial charge in [-0.25, -0.2) is 0 Å². The zero-order chi connectivity index (χ0) is 10.1. The molecule has 14 heavy (non-hydrogen) atoms. The summed E-state index contributed by atoms with van der Waals surface area (Å²) in [6.07, 6.45) is 8.51. The Balaban J connectivity index is 0. The Morgan fingerprint density at radius 2 is 1.21 bits per heavy atom. The van der Waals surface area contributed by atoms with Crippen molar-refractivity contribution < 1.29 is 0 Å². The standard InChI is InChI=1S/C12H27P.ClH/c1-5-7-11(3)9-13-10-12(4)8-6-2;/h11-13H,5-10H2,1-4H3;1H. The molecule has 0 aromatic rings. The molecule has 2 unspecified atom stereocenters. The number of hydrogen-bond acceptors (Lipinski definition) is 0. The molecule has 0 radical (unpaired) electrons. The van der Waals surface area contributed by atoms with Gasteiger partial charge in [0.1, 0.15) is 0 Å². The molecule has 0 saturated heterocycles. The molecule has 0 amide bonds. The monoisotopic (exact) mass is 238 g/mol. The average molecular weight is 239 g/mol. The molecule has 0 heterocycles. The molecule has 0 aliphatic rings. The second kappa shape index (κ2) is 11.8. The summed E-state index contributed by atoms with van der Waals surface area (Å²) in [6, 6.07) is 0. The van der Waals surface area contributed by atoms with E-state index in [0.717, 1.165) is 11.8 Å². The lowest BCUT2D eigenvalue weighted by Crippen LogP contribution is -2.01. The maximum atomic E-state index is 2.40. The summed E-state index contributed by atoms with van der Waals surface area (Å²) >= 11 is 0. The average Bonchev–Trinajstić information content (AvgIpc) is 2.05. The van der Waals surface area contributed by atoms with Crippen LogP contribution in [0, 0.1) is 11.8 Å². The fourth-order valence-electron chi connectivity index (χ4n) is 1.77. The van der Waals surface area contributed by atoms with Gasteiger partial charge in [0.05, 0.1) is 0 Å². The van der Waals surface area contributed by atoms with Crippen LogP contribution in [0.4, 0.5) is 0 Å². The van der Waals surface area contributed by atoms with Crippen LogP contribution in [0.25, 0.3) is 0 Å². The van der Waals surface area contributed by atoms with Gasteiger partial charge in [-0.3, -0.25) is 0 Å². The Bertz CT molecular complexity index is 94.5. The summed E-state index contributed by atoms with van der Waals surface area (Å²) in [6.45, 7) is 9.39. The molecule has 0 aromatic carbocycles. The minimum absolute atomic E-state index is 0. The van der Waals surface area contributed by atoms with E-state index < -0.39 is 0 Å². The molecule has 0 aromatic heterocycles. The van der Waals surface area contributed by atoms with Crippen LogP contribution in [-0.4, -0.2) is 12.3 Å². The van der Waals surface area contributed by atoms with Gasteiger partial charge in [0.2, 0.25) is 0 Å². The van der Waals surface area contributed by atoms with Crippen molar-refractivity contribution in [3.8, 4) is 0 Å². The molecule has 0 N–H and O–H groups in total. The van der Waals surface area contributed by atoms with Crippen LogP contribution >= 0.6 is 21.0 Å². The summed E-state index contributed by atoms with van der Waals surface area (Å²) in [5.41, 5.74) is 0. The molecule has 0 aliphatic heterocycles. The fourth-order valence-corrected chi connectivity index (χ4v) is 3.33. The first kappa shape index (κ1) is 17.1. The second-order valence-corrected chi connectivity index (χ2v) is 5.76. The maximum Gasteiger partial charge on any atom is -0.0328 e. The number of hydrogen-bond donors (Lipinski definition) is 0. The van der Waals surface area contributed by atoms with Gasteiger partial charge in [0.15, 0.2) is 0 Å². The van der Waals surface area contributed by atoms with E-state index in [1.807, 2.05) is 0 Å². The van der Waals surface area contributed by atoms with Crippen LogP contribution in [0.3, 0.4) is 0 Å². The van der Waals surface area contributed by atoms with E-state index in [2.05, 4.69) is 27.7 Å². The zero-order valence-electron chi connectivity index (χ0n) is 10.3. The van der Waals surface area contributed by atoms with Gasteiger partial charge in [-0.1, -0.05) is 53.4 Å².